The number of rotatable bonds is 7. The smallest absolute Gasteiger partial charge is 0.190 e. The summed E-state index contributed by atoms with van der Waals surface area (Å²) in [7, 11) is 1.80. The minimum Gasteiger partial charge on any atom is -0.356 e. The van der Waals surface area contributed by atoms with E-state index in [1.54, 1.807) is 13.2 Å². The second-order valence-electron chi connectivity index (χ2n) is 7.04. The number of halogens is 1. The van der Waals surface area contributed by atoms with Gasteiger partial charge in [0, 0.05) is 44.1 Å². The molecule has 7 heteroatoms. The number of hydrogen-bond donors (Lipinski definition) is 2. The largest absolute Gasteiger partial charge is 0.356 e. The summed E-state index contributed by atoms with van der Waals surface area (Å²) in [6.45, 7) is 1.62. The lowest BCUT2D eigenvalue weighted by Gasteiger charge is -2.12. The van der Waals surface area contributed by atoms with Crippen LogP contribution in [0.3, 0.4) is 0 Å². The predicted molar refractivity (Wildman–Crippen MR) is 137 cm³/mol. The molecule has 6 nitrogen and oxygen atoms in total. The molecule has 0 spiro atoms. The highest BCUT2D eigenvalue weighted by molar-refractivity contribution is 14.0. The zero-order valence-corrected chi connectivity index (χ0v) is 19.9. The minimum atomic E-state index is 0. The maximum Gasteiger partial charge on any atom is 0.190 e. The Morgan fingerprint density at radius 3 is 2.42 bits per heavy atom. The number of guanidine groups is 1. The highest BCUT2D eigenvalue weighted by Gasteiger charge is 2.03. The van der Waals surface area contributed by atoms with Gasteiger partial charge in [-0.05, 0) is 48.2 Å². The van der Waals surface area contributed by atoms with Crippen LogP contribution in [0.5, 0.6) is 0 Å². The van der Waals surface area contributed by atoms with Crippen molar-refractivity contribution in [1.82, 2.24) is 25.4 Å². The molecule has 160 valence electrons. The fourth-order valence-corrected chi connectivity index (χ4v) is 3.47. The third kappa shape index (κ3) is 6.04. The molecule has 2 heterocycles. The van der Waals surface area contributed by atoms with Crippen LogP contribution in [0.2, 0.25) is 0 Å². The van der Waals surface area contributed by atoms with Crippen molar-refractivity contribution < 1.29 is 0 Å². The molecule has 31 heavy (non-hydrogen) atoms. The second-order valence-corrected chi connectivity index (χ2v) is 7.04. The van der Waals surface area contributed by atoms with E-state index >= 15 is 0 Å². The van der Waals surface area contributed by atoms with Gasteiger partial charge in [-0.2, -0.15) is 5.10 Å². The third-order valence-corrected chi connectivity index (χ3v) is 5.04. The Bertz CT molecular complexity index is 1100. The fourth-order valence-electron chi connectivity index (χ4n) is 3.47. The van der Waals surface area contributed by atoms with Crippen molar-refractivity contribution in [1.29, 1.82) is 0 Å². The van der Waals surface area contributed by atoms with Crippen LogP contribution in [-0.2, 0) is 12.8 Å². The molecule has 2 N–H and O–H groups in total. The molecule has 0 unspecified atom stereocenters. The molecular formula is C24H27IN6. The van der Waals surface area contributed by atoms with Crippen LogP contribution in [0, 0.1) is 0 Å². The van der Waals surface area contributed by atoms with Gasteiger partial charge in [0.25, 0.3) is 0 Å². The first-order valence-electron chi connectivity index (χ1n) is 10.2. The normalized spacial score (nSPS) is 11.2. The lowest BCUT2D eigenvalue weighted by Crippen LogP contribution is -2.39. The number of nitrogens with zero attached hydrogens (tertiary/aromatic N) is 4. The molecule has 0 amide bonds. The number of aromatic nitrogens is 3. The highest BCUT2D eigenvalue weighted by atomic mass is 127. The molecule has 2 aromatic carbocycles. The number of aliphatic imine (C=N–C) groups is 1. The highest BCUT2D eigenvalue weighted by Crippen LogP contribution is 2.16. The van der Waals surface area contributed by atoms with Gasteiger partial charge in [-0.3, -0.25) is 9.98 Å². The Hall–Kier alpha value is -2.94. The van der Waals surface area contributed by atoms with Gasteiger partial charge in [0.15, 0.2) is 5.96 Å². The van der Waals surface area contributed by atoms with Crippen molar-refractivity contribution in [3.63, 3.8) is 0 Å². The molecule has 4 rings (SSSR count). The van der Waals surface area contributed by atoms with E-state index in [4.69, 9.17) is 0 Å². The third-order valence-electron chi connectivity index (χ3n) is 5.04. The van der Waals surface area contributed by atoms with Gasteiger partial charge in [-0.15, -0.1) is 24.0 Å². The number of para-hydroxylation sites is 1. The molecule has 0 fully saturated rings. The standard InChI is InChI=1S/C24H26N6.HI/c1-25-24(28-17-13-21-6-2-5-20-7-3-14-26-23(20)21)27-16-12-19-8-10-22(11-9-19)30-18-4-15-29-30;/h2-11,14-15,18H,12-13,16-17H2,1H3,(H2,25,27,28);1H. The van der Waals surface area contributed by atoms with Crippen molar-refractivity contribution in [3.8, 4) is 5.69 Å². The van der Waals surface area contributed by atoms with E-state index in [-0.39, 0.29) is 24.0 Å². The van der Waals surface area contributed by atoms with E-state index in [1.807, 2.05) is 29.2 Å². The lowest BCUT2D eigenvalue weighted by atomic mass is 10.1. The first kappa shape index (κ1) is 22.7. The summed E-state index contributed by atoms with van der Waals surface area (Å²) in [6, 6.07) is 20.8. The quantitative estimate of drug-likeness (QED) is 0.217. The fraction of sp³-hybridized carbons (Fsp3) is 0.208. The maximum atomic E-state index is 4.53. The Kier molecular flexibility index (Phi) is 8.40. The molecule has 0 saturated heterocycles. The molecule has 0 atom stereocenters. The number of pyridine rings is 1. The zero-order chi connectivity index (χ0) is 20.6. The molecule has 0 aliphatic rings. The molecule has 0 saturated carbocycles. The second kappa shape index (κ2) is 11.5. The van der Waals surface area contributed by atoms with E-state index in [2.05, 4.69) is 74.2 Å². The SMILES string of the molecule is CN=C(NCCc1ccc(-n2cccn2)cc1)NCCc1cccc2cccnc12.I. The van der Waals surface area contributed by atoms with Gasteiger partial charge < -0.3 is 10.6 Å². The summed E-state index contributed by atoms with van der Waals surface area (Å²) < 4.78 is 1.86. The van der Waals surface area contributed by atoms with Crippen LogP contribution in [-0.4, -0.2) is 40.9 Å². The van der Waals surface area contributed by atoms with Gasteiger partial charge in [-0.1, -0.05) is 36.4 Å². The maximum absolute atomic E-state index is 4.53. The molecule has 0 bridgehead atoms. The number of benzene rings is 2. The first-order chi connectivity index (χ1) is 14.8. The van der Waals surface area contributed by atoms with Crippen LogP contribution >= 0.6 is 24.0 Å². The lowest BCUT2D eigenvalue weighted by molar-refractivity contribution is 0.785. The molecule has 4 aromatic rings. The summed E-state index contributed by atoms with van der Waals surface area (Å²) >= 11 is 0. The molecule has 2 aromatic heterocycles. The van der Waals surface area contributed by atoms with Crippen LogP contribution < -0.4 is 10.6 Å². The predicted octanol–water partition coefficient (Wildman–Crippen LogP) is 3.99. The molecule has 0 aliphatic carbocycles. The topological polar surface area (TPSA) is 67.1 Å². The summed E-state index contributed by atoms with van der Waals surface area (Å²) in [5, 5.41) is 12.2. The van der Waals surface area contributed by atoms with Crippen molar-refractivity contribution in [2.24, 2.45) is 4.99 Å². The van der Waals surface area contributed by atoms with Crippen LogP contribution in [0.1, 0.15) is 11.1 Å². The van der Waals surface area contributed by atoms with E-state index in [9.17, 15) is 0 Å². The van der Waals surface area contributed by atoms with Crippen LogP contribution in [0.15, 0.2) is 84.2 Å². The van der Waals surface area contributed by atoms with E-state index in [1.165, 1.54) is 16.5 Å². The Morgan fingerprint density at radius 1 is 0.903 bits per heavy atom. The Balaban J connectivity index is 0.00000272. The first-order valence-corrected chi connectivity index (χ1v) is 10.2. The van der Waals surface area contributed by atoms with E-state index < -0.39 is 0 Å². The summed E-state index contributed by atoms with van der Waals surface area (Å²) in [5.74, 6) is 0.816. The zero-order valence-electron chi connectivity index (χ0n) is 17.5. The molecule has 0 radical (unpaired) electrons. The number of hydrogen-bond acceptors (Lipinski definition) is 3. The average Bonchev–Trinajstić information content (AvgIpc) is 3.33. The Morgan fingerprint density at radius 2 is 1.68 bits per heavy atom. The van der Waals surface area contributed by atoms with E-state index in [0.717, 1.165) is 43.1 Å². The van der Waals surface area contributed by atoms with Gasteiger partial charge in [0.2, 0.25) is 0 Å². The van der Waals surface area contributed by atoms with Gasteiger partial charge >= 0.3 is 0 Å². The average molecular weight is 526 g/mol. The molecular weight excluding hydrogens is 499 g/mol. The van der Waals surface area contributed by atoms with Crippen molar-refractivity contribution in [2.45, 2.75) is 12.8 Å². The van der Waals surface area contributed by atoms with Crippen molar-refractivity contribution in [2.75, 3.05) is 20.1 Å². The van der Waals surface area contributed by atoms with Gasteiger partial charge in [-0.25, -0.2) is 4.68 Å². The summed E-state index contributed by atoms with van der Waals surface area (Å²) in [5.41, 5.74) is 4.66. The van der Waals surface area contributed by atoms with Crippen molar-refractivity contribution in [3.05, 3.63) is 90.4 Å². The number of fused-ring (bicyclic) bond motifs is 1. The summed E-state index contributed by atoms with van der Waals surface area (Å²) in [4.78, 5) is 8.85. The number of nitrogens with one attached hydrogen (secondary N) is 2. The molecule has 0 aliphatic heterocycles. The van der Waals surface area contributed by atoms with Gasteiger partial charge in [0.1, 0.15) is 0 Å². The van der Waals surface area contributed by atoms with Gasteiger partial charge in [0.05, 0.1) is 11.2 Å². The van der Waals surface area contributed by atoms with E-state index in [0.29, 0.717) is 0 Å². The summed E-state index contributed by atoms with van der Waals surface area (Å²) in [6.07, 6.45) is 7.40. The van der Waals surface area contributed by atoms with Crippen LogP contribution in [0.4, 0.5) is 0 Å². The monoisotopic (exact) mass is 526 g/mol. The Labute approximate surface area is 199 Å². The van der Waals surface area contributed by atoms with Crippen molar-refractivity contribution >= 4 is 40.8 Å². The minimum absolute atomic E-state index is 0. The van der Waals surface area contributed by atoms with Crippen LogP contribution in [0.25, 0.3) is 16.6 Å².